The number of carbonyl (C=O) groups is 11. The summed E-state index contributed by atoms with van der Waals surface area (Å²) >= 11 is 6.27. The number of nitrogens with one attached hydrogen (secondary N) is 11. The third-order valence-corrected chi connectivity index (χ3v) is 19.1. The molecular weight excluding hydrogens is 1400 g/mol. The van der Waals surface area contributed by atoms with E-state index < -0.39 is 132 Å². The number of benzene rings is 6. The molecule has 29 heteroatoms. The van der Waals surface area contributed by atoms with E-state index in [4.69, 9.17) is 33.2 Å². The largest absolute Gasteiger partial charge is 0.394 e. The Balaban J connectivity index is 1.05. The van der Waals surface area contributed by atoms with Gasteiger partial charge in [0.15, 0.2) is 5.96 Å². The Morgan fingerprint density at radius 1 is 0.519 bits per heavy atom. The Kier molecular flexibility index (Phi) is 31.7. The fraction of sp³-hybridized carbons (Fsp3) is 0.418. The number of nitrogens with two attached hydrogens (primary N) is 2. The summed E-state index contributed by atoms with van der Waals surface area (Å²) in [5, 5.41) is 48.3. The van der Waals surface area contributed by atoms with Crippen molar-refractivity contribution in [2.45, 2.75) is 159 Å². The number of carbonyl (C=O) groups excluding carboxylic acids is 11. The number of hydrogen-bond acceptors (Lipinski definition) is 15. The minimum Gasteiger partial charge on any atom is -0.394 e. The smallest absolute Gasteiger partial charge is 0.245 e. The van der Waals surface area contributed by atoms with Crippen molar-refractivity contribution < 1.29 is 62.6 Å². The van der Waals surface area contributed by atoms with Gasteiger partial charge in [-0.3, -0.25) is 63.0 Å². The minimum absolute atomic E-state index is 0.00120. The summed E-state index contributed by atoms with van der Waals surface area (Å²) < 4.78 is 5.55. The summed E-state index contributed by atoms with van der Waals surface area (Å²) in [6.45, 7) is 8.86. The molecule has 2 aliphatic rings. The van der Waals surface area contributed by atoms with E-state index in [1.807, 2.05) is 80.6 Å². The van der Waals surface area contributed by atoms with Gasteiger partial charge < -0.3 is 79.4 Å². The van der Waals surface area contributed by atoms with E-state index in [-0.39, 0.29) is 82.8 Å². The second-order valence-corrected chi connectivity index (χ2v) is 28.2. The number of rotatable bonds is 38. The summed E-state index contributed by atoms with van der Waals surface area (Å²) in [6.07, 6.45) is 0.376. The van der Waals surface area contributed by atoms with Crippen molar-refractivity contribution in [3.05, 3.63) is 190 Å². The maximum Gasteiger partial charge on any atom is 0.245 e. The van der Waals surface area contributed by atoms with Crippen molar-refractivity contribution in [2.24, 2.45) is 17.4 Å². The molecule has 0 bridgehead atoms. The zero-order valence-electron chi connectivity index (χ0n) is 61.3. The van der Waals surface area contributed by atoms with Gasteiger partial charge in [0.2, 0.25) is 65.0 Å². The van der Waals surface area contributed by atoms with Gasteiger partial charge in [-0.25, -0.2) is 0 Å². The lowest BCUT2D eigenvalue weighted by molar-refractivity contribution is -0.142. The molecule has 0 aromatic heterocycles. The van der Waals surface area contributed by atoms with Crippen LogP contribution in [0.1, 0.15) is 93.2 Å². The SMILES string of the molecule is CC(=O)N[C@H](Cc1cccc2ccccc12)C(=O)N[C@H](Cc1ccc(Cl)cc1)C(=O)N[C@H](Cc1ccccc1)C(=O)N[C@@H](CO)C(=O)N[C@@H](Cc1ccccc1)C(=O)N[C@H](Cc1ccc(CN2CCOCC2)cc1)C(=O)N[C@@H](CC(C)C)C(=O)N[C@@H](CCCNC(=N)N)C(=O)N1CCC[C@H]1C(=O)N[C@H](C)C(N)=O. The van der Waals surface area contributed by atoms with E-state index in [0.717, 1.165) is 35.0 Å². The van der Waals surface area contributed by atoms with Crippen LogP contribution in [0, 0.1) is 11.3 Å². The van der Waals surface area contributed by atoms with Crippen molar-refractivity contribution in [1.82, 2.24) is 63.0 Å². The van der Waals surface area contributed by atoms with Crippen molar-refractivity contribution in [2.75, 3.05) is 46.0 Å². The quantitative estimate of drug-likeness (QED) is 0.0150. The lowest BCUT2D eigenvalue weighted by Crippen LogP contribution is -2.62. The molecule has 108 heavy (non-hydrogen) atoms. The van der Waals surface area contributed by atoms with Crippen LogP contribution < -0.4 is 64.6 Å². The first-order valence-corrected chi connectivity index (χ1v) is 36.8. The maximum atomic E-state index is 15.3. The van der Waals surface area contributed by atoms with E-state index in [1.165, 1.54) is 18.7 Å². The first-order valence-electron chi connectivity index (χ1n) is 36.5. The molecule has 576 valence electrons. The van der Waals surface area contributed by atoms with Gasteiger partial charge in [-0.2, -0.15) is 0 Å². The normalized spacial score (nSPS) is 16.1. The van der Waals surface area contributed by atoms with Crippen LogP contribution in [0.15, 0.2) is 152 Å². The number of hydrogen-bond donors (Lipinski definition) is 14. The third kappa shape index (κ3) is 25.7. The Hall–Kier alpha value is -10.8. The number of aliphatic hydroxyl groups excluding tert-OH is 1. The number of morpholine rings is 1. The molecule has 2 aliphatic heterocycles. The fourth-order valence-electron chi connectivity index (χ4n) is 13.0. The predicted octanol–water partition coefficient (Wildman–Crippen LogP) is 2.02. The molecule has 0 radical (unpaired) electrons. The molecule has 0 aliphatic carbocycles. The Bertz CT molecular complexity index is 4070. The molecule has 16 N–H and O–H groups in total. The van der Waals surface area contributed by atoms with E-state index in [9.17, 15) is 48.3 Å². The molecule has 0 spiro atoms. The third-order valence-electron chi connectivity index (χ3n) is 18.8. The predicted molar refractivity (Wildman–Crippen MR) is 408 cm³/mol. The average molecular weight is 1500 g/mol. The van der Waals surface area contributed by atoms with Crippen LogP contribution >= 0.6 is 11.6 Å². The van der Waals surface area contributed by atoms with Gasteiger partial charge >= 0.3 is 0 Å². The van der Waals surface area contributed by atoms with Crippen LogP contribution in [-0.2, 0) is 96.1 Å². The lowest BCUT2D eigenvalue weighted by Gasteiger charge is -2.31. The number of amides is 11. The average Bonchev–Trinajstić information content (AvgIpc) is 1.59. The van der Waals surface area contributed by atoms with Gasteiger partial charge in [0, 0.05) is 76.8 Å². The highest BCUT2D eigenvalue weighted by molar-refractivity contribution is 6.30. The van der Waals surface area contributed by atoms with E-state index in [0.29, 0.717) is 53.5 Å². The number of ether oxygens (including phenoxy) is 1. The standard InChI is InChI=1S/C79H100ClN15O13/c1-48(2)40-61(70(99)87-60(24-14-34-84-79(82)83)78(107)95-35-15-25-68(95)77(106)85-49(3)69(81)98)88-71(100)64(43-53-26-28-55(29-27-53)46-94-36-38-108-39-37-94)90-72(101)62(41-51-16-7-5-8-17-51)92-76(105)67(47-96)93-74(103)63(42-52-18-9-6-10-19-52)89-73(102)65(44-54-30-32-58(80)33-31-54)91-75(104)66(86-50(4)97)45-57-22-13-21-56-20-11-12-23-59(56)57/h5-13,16-23,26-33,48-49,60-68,96H,14-15,24-25,34-47H2,1-4H3,(H2,81,98)(H,85,106)(H,86,97)(H,87,99)(H,88,100)(H,89,102)(H,90,101)(H,91,104)(H,92,105)(H,93,103)(H4,82,83,84)/t49-,60+,61+,62+,63-,64-,65-,66-,67+,68+/m1/s1. The Morgan fingerprint density at radius 2 is 0.963 bits per heavy atom. The molecular formula is C79H100ClN15O13. The molecule has 8 rings (SSSR count). The van der Waals surface area contributed by atoms with Crippen LogP contribution in [-0.4, -0.2) is 192 Å². The Morgan fingerprint density at radius 3 is 1.47 bits per heavy atom. The van der Waals surface area contributed by atoms with Gasteiger partial charge in [0.05, 0.1) is 19.8 Å². The Labute approximate surface area is 633 Å². The van der Waals surface area contributed by atoms with Gasteiger partial charge in [-0.05, 0) is 101 Å². The molecule has 10 atom stereocenters. The van der Waals surface area contributed by atoms with Crippen LogP contribution in [0.5, 0.6) is 0 Å². The fourth-order valence-corrected chi connectivity index (χ4v) is 13.2. The van der Waals surface area contributed by atoms with Crippen molar-refractivity contribution >= 4 is 93.3 Å². The highest BCUT2D eigenvalue weighted by Crippen LogP contribution is 2.23. The topological polar surface area (TPSA) is 420 Å². The number of fused-ring (bicyclic) bond motifs is 1. The number of halogens is 1. The van der Waals surface area contributed by atoms with E-state index in [1.54, 1.807) is 84.9 Å². The van der Waals surface area contributed by atoms with Gasteiger partial charge in [0.1, 0.15) is 60.4 Å². The molecule has 6 aromatic carbocycles. The van der Waals surface area contributed by atoms with Crippen LogP contribution in [0.3, 0.4) is 0 Å². The number of nitrogens with zero attached hydrogens (tertiary/aromatic N) is 2. The van der Waals surface area contributed by atoms with Gasteiger partial charge in [-0.15, -0.1) is 0 Å². The van der Waals surface area contributed by atoms with Crippen molar-refractivity contribution in [3.8, 4) is 0 Å². The van der Waals surface area contributed by atoms with E-state index >= 15 is 9.59 Å². The van der Waals surface area contributed by atoms with Crippen LogP contribution in [0.4, 0.5) is 0 Å². The highest BCUT2D eigenvalue weighted by Gasteiger charge is 2.41. The highest BCUT2D eigenvalue weighted by atomic mass is 35.5. The molecule has 2 saturated heterocycles. The van der Waals surface area contributed by atoms with Crippen LogP contribution in [0.2, 0.25) is 5.02 Å². The molecule has 11 amide bonds. The molecule has 2 fully saturated rings. The molecule has 28 nitrogen and oxygen atoms in total. The monoisotopic (exact) mass is 1500 g/mol. The van der Waals surface area contributed by atoms with E-state index in [2.05, 4.69) is 58.1 Å². The van der Waals surface area contributed by atoms with Crippen LogP contribution in [0.25, 0.3) is 10.8 Å². The summed E-state index contributed by atoms with van der Waals surface area (Å²) in [6, 6.07) is 31.0. The van der Waals surface area contributed by atoms with Crippen molar-refractivity contribution in [3.63, 3.8) is 0 Å². The number of aliphatic hydroxyl groups is 1. The van der Waals surface area contributed by atoms with Gasteiger partial charge in [0.25, 0.3) is 0 Å². The number of guanidine groups is 1. The van der Waals surface area contributed by atoms with Crippen molar-refractivity contribution in [1.29, 1.82) is 5.41 Å². The maximum absolute atomic E-state index is 15.3. The molecule has 2 heterocycles. The summed E-state index contributed by atoms with van der Waals surface area (Å²) in [7, 11) is 0. The first kappa shape index (κ1) is 82.8. The number of likely N-dealkylation sites (tertiary alicyclic amines) is 1. The lowest BCUT2D eigenvalue weighted by atomic mass is 9.97. The number of primary amides is 1. The second kappa shape index (κ2) is 41.3. The first-order chi connectivity index (χ1) is 51.8. The van der Waals surface area contributed by atoms with Gasteiger partial charge in [-0.1, -0.05) is 165 Å². The zero-order chi connectivity index (χ0) is 77.8. The zero-order valence-corrected chi connectivity index (χ0v) is 62.0. The minimum atomic E-state index is -1.78. The molecule has 6 aromatic rings. The summed E-state index contributed by atoms with van der Waals surface area (Å²) in [5.74, 6) is -9.06. The molecule has 0 unspecified atom stereocenters. The summed E-state index contributed by atoms with van der Waals surface area (Å²) in [5.41, 5.74) is 15.0. The second-order valence-electron chi connectivity index (χ2n) is 27.8. The molecule has 0 saturated carbocycles. The summed E-state index contributed by atoms with van der Waals surface area (Å²) in [4.78, 5) is 161.